The van der Waals surface area contributed by atoms with E-state index in [4.69, 9.17) is 5.14 Å². The van der Waals surface area contributed by atoms with Crippen LogP contribution in [-0.2, 0) is 14.8 Å². The number of primary sulfonamides is 1. The number of nitrogens with two attached hydrogens (primary N) is 1. The fraction of sp³-hybridized carbons (Fsp3) is 0.0625. The summed E-state index contributed by atoms with van der Waals surface area (Å²) in [5.41, 5.74) is 2.38. The Bertz CT molecular complexity index is 827. The van der Waals surface area contributed by atoms with Crippen LogP contribution in [0.2, 0.25) is 0 Å². The highest BCUT2D eigenvalue weighted by atomic mass is 32.2. The Kier molecular flexibility index (Phi) is 4.75. The third-order valence-corrected chi connectivity index (χ3v) is 3.81. The Hall–Kier alpha value is -2.44. The molecule has 2 rings (SSSR count). The van der Waals surface area contributed by atoms with E-state index < -0.39 is 10.0 Å². The summed E-state index contributed by atoms with van der Waals surface area (Å²) < 4.78 is 22.5. The Morgan fingerprint density at radius 1 is 1.14 bits per heavy atom. The molecule has 2 aromatic rings. The first-order valence-electron chi connectivity index (χ1n) is 6.53. The van der Waals surface area contributed by atoms with Gasteiger partial charge in [-0.15, -0.1) is 0 Å². The van der Waals surface area contributed by atoms with E-state index in [9.17, 15) is 13.2 Å². The smallest absolute Gasteiger partial charge is 0.248 e. The average Bonchev–Trinajstić information content (AvgIpc) is 2.45. The maximum Gasteiger partial charge on any atom is 0.248 e. The lowest BCUT2D eigenvalue weighted by molar-refractivity contribution is -0.111. The zero-order valence-electron chi connectivity index (χ0n) is 12.0. The number of benzene rings is 2. The number of carbonyl (C=O) groups excluding carboxylic acids is 1. The molecule has 0 aliphatic carbocycles. The van der Waals surface area contributed by atoms with E-state index in [1.54, 1.807) is 12.1 Å². The minimum absolute atomic E-state index is 0.0482. The van der Waals surface area contributed by atoms with Crippen molar-refractivity contribution in [2.75, 3.05) is 5.32 Å². The molecule has 0 bridgehead atoms. The van der Waals surface area contributed by atoms with Gasteiger partial charge in [0.15, 0.2) is 0 Å². The van der Waals surface area contributed by atoms with Crippen LogP contribution in [0.25, 0.3) is 6.08 Å². The number of amides is 1. The topological polar surface area (TPSA) is 89.3 Å². The van der Waals surface area contributed by atoms with Gasteiger partial charge >= 0.3 is 0 Å². The summed E-state index contributed by atoms with van der Waals surface area (Å²) in [5.74, 6) is -0.354. The minimum atomic E-state index is -3.79. The van der Waals surface area contributed by atoms with E-state index in [1.807, 2.05) is 31.2 Å². The predicted molar refractivity (Wildman–Crippen MR) is 86.7 cm³/mol. The molecular weight excluding hydrogens is 300 g/mol. The van der Waals surface area contributed by atoms with Crippen LogP contribution in [0, 0.1) is 6.92 Å². The van der Waals surface area contributed by atoms with Gasteiger partial charge in [0.05, 0.1) is 4.90 Å². The molecule has 5 nitrogen and oxygen atoms in total. The molecule has 3 N–H and O–H groups in total. The molecule has 0 atom stereocenters. The van der Waals surface area contributed by atoms with Crippen molar-refractivity contribution >= 4 is 27.7 Å². The second-order valence-corrected chi connectivity index (χ2v) is 6.37. The van der Waals surface area contributed by atoms with E-state index in [1.165, 1.54) is 24.3 Å². The number of hydrogen-bond acceptors (Lipinski definition) is 3. The van der Waals surface area contributed by atoms with Crippen LogP contribution >= 0.6 is 0 Å². The molecule has 6 heteroatoms. The van der Waals surface area contributed by atoms with Crippen molar-refractivity contribution in [3.8, 4) is 0 Å². The summed E-state index contributed by atoms with van der Waals surface area (Å²) in [5, 5.41) is 7.64. The second kappa shape index (κ2) is 6.55. The van der Waals surface area contributed by atoms with Crippen LogP contribution in [-0.4, -0.2) is 14.3 Å². The molecule has 0 saturated heterocycles. The Balaban J connectivity index is 2.09. The number of anilines is 1. The van der Waals surface area contributed by atoms with Gasteiger partial charge in [0.2, 0.25) is 15.9 Å². The standard InChI is InChI=1S/C16H16N2O3S/c1-12-4-2-5-13(10-12)8-9-16(19)18-14-6-3-7-15(11-14)22(17,20)21/h2-11H,1H3,(H,18,19)(H2,17,20,21)/b9-8+. The lowest BCUT2D eigenvalue weighted by Crippen LogP contribution is -2.13. The van der Waals surface area contributed by atoms with E-state index in [0.717, 1.165) is 11.1 Å². The van der Waals surface area contributed by atoms with E-state index >= 15 is 0 Å². The lowest BCUT2D eigenvalue weighted by Gasteiger charge is -2.04. The van der Waals surface area contributed by atoms with Gasteiger partial charge in [0, 0.05) is 11.8 Å². The summed E-state index contributed by atoms with van der Waals surface area (Å²) in [6.07, 6.45) is 3.07. The zero-order chi connectivity index (χ0) is 16.2. The number of aryl methyl sites for hydroxylation is 1. The van der Waals surface area contributed by atoms with Crippen LogP contribution in [0.15, 0.2) is 59.5 Å². The molecule has 0 unspecified atom stereocenters. The molecule has 0 radical (unpaired) electrons. The van der Waals surface area contributed by atoms with Gasteiger partial charge in [-0.3, -0.25) is 4.79 Å². The van der Waals surface area contributed by atoms with Gasteiger partial charge in [-0.1, -0.05) is 35.9 Å². The molecule has 22 heavy (non-hydrogen) atoms. The fourth-order valence-electron chi connectivity index (χ4n) is 1.88. The first kappa shape index (κ1) is 15.9. The molecule has 0 spiro atoms. The van der Waals surface area contributed by atoms with Gasteiger partial charge in [-0.2, -0.15) is 0 Å². The van der Waals surface area contributed by atoms with E-state index in [2.05, 4.69) is 5.32 Å². The maximum absolute atomic E-state index is 11.9. The van der Waals surface area contributed by atoms with E-state index in [0.29, 0.717) is 5.69 Å². The highest BCUT2D eigenvalue weighted by Gasteiger charge is 2.08. The predicted octanol–water partition coefficient (Wildman–Crippen LogP) is 2.29. The third-order valence-electron chi connectivity index (χ3n) is 2.90. The molecule has 2 aromatic carbocycles. The Morgan fingerprint density at radius 3 is 2.55 bits per heavy atom. The average molecular weight is 316 g/mol. The van der Waals surface area contributed by atoms with Crippen molar-refractivity contribution < 1.29 is 13.2 Å². The van der Waals surface area contributed by atoms with Crippen molar-refractivity contribution in [3.05, 3.63) is 65.7 Å². The molecule has 114 valence electrons. The van der Waals surface area contributed by atoms with Crippen LogP contribution < -0.4 is 10.5 Å². The van der Waals surface area contributed by atoms with Crippen LogP contribution in [0.5, 0.6) is 0 Å². The van der Waals surface area contributed by atoms with Gasteiger partial charge in [0.25, 0.3) is 0 Å². The second-order valence-electron chi connectivity index (χ2n) is 4.81. The van der Waals surface area contributed by atoms with Crippen molar-refractivity contribution in [1.82, 2.24) is 0 Å². The van der Waals surface area contributed by atoms with Crippen molar-refractivity contribution in [2.45, 2.75) is 11.8 Å². The summed E-state index contributed by atoms with van der Waals surface area (Å²) in [7, 11) is -3.79. The van der Waals surface area contributed by atoms with E-state index in [-0.39, 0.29) is 10.8 Å². The van der Waals surface area contributed by atoms with Gasteiger partial charge in [-0.25, -0.2) is 13.6 Å². The summed E-state index contributed by atoms with van der Waals surface area (Å²) in [6, 6.07) is 13.5. The third kappa shape index (κ3) is 4.54. The number of nitrogens with one attached hydrogen (secondary N) is 1. The minimum Gasteiger partial charge on any atom is -0.322 e. The number of sulfonamides is 1. The summed E-state index contributed by atoms with van der Waals surface area (Å²) >= 11 is 0. The highest BCUT2D eigenvalue weighted by Crippen LogP contribution is 2.14. The van der Waals surface area contributed by atoms with Gasteiger partial charge in [-0.05, 0) is 36.8 Å². The summed E-state index contributed by atoms with van der Waals surface area (Å²) in [6.45, 7) is 1.97. The molecule has 1 amide bonds. The summed E-state index contributed by atoms with van der Waals surface area (Å²) in [4.78, 5) is 11.8. The highest BCUT2D eigenvalue weighted by molar-refractivity contribution is 7.89. The number of rotatable bonds is 4. The first-order valence-corrected chi connectivity index (χ1v) is 8.08. The molecular formula is C16H16N2O3S. The molecule has 0 aliphatic rings. The molecule has 0 saturated carbocycles. The Morgan fingerprint density at radius 2 is 1.86 bits per heavy atom. The lowest BCUT2D eigenvalue weighted by atomic mass is 10.1. The molecule has 0 aromatic heterocycles. The van der Waals surface area contributed by atoms with Crippen LogP contribution in [0.4, 0.5) is 5.69 Å². The molecule has 0 fully saturated rings. The van der Waals surface area contributed by atoms with Crippen LogP contribution in [0.3, 0.4) is 0 Å². The Labute approximate surface area is 129 Å². The quantitative estimate of drug-likeness (QED) is 0.848. The fourth-order valence-corrected chi connectivity index (χ4v) is 2.44. The monoisotopic (exact) mass is 316 g/mol. The SMILES string of the molecule is Cc1cccc(/C=C/C(=O)Nc2cccc(S(N)(=O)=O)c2)c1. The molecule has 0 aliphatic heterocycles. The van der Waals surface area contributed by atoms with Gasteiger partial charge in [0.1, 0.15) is 0 Å². The number of hydrogen-bond donors (Lipinski definition) is 2. The normalized spacial score (nSPS) is 11.5. The van der Waals surface area contributed by atoms with Crippen molar-refractivity contribution in [3.63, 3.8) is 0 Å². The van der Waals surface area contributed by atoms with Crippen LogP contribution in [0.1, 0.15) is 11.1 Å². The van der Waals surface area contributed by atoms with Gasteiger partial charge < -0.3 is 5.32 Å². The zero-order valence-corrected chi connectivity index (χ0v) is 12.8. The maximum atomic E-state index is 11.9. The molecule has 0 heterocycles. The van der Waals surface area contributed by atoms with Crippen molar-refractivity contribution in [2.24, 2.45) is 5.14 Å². The first-order chi connectivity index (χ1) is 10.3. The largest absolute Gasteiger partial charge is 0.322 e. The number of carbonyl (C=O) groups is 1. The van der Waals surface area contributed by atoms with Crippen molar-refractivity contribution in [1.29, 1.82) is 0 Å².